The molecule has 1 fully saturated rings. The SMILES string of the molecule is CC(=O)C1(O)CC[C@@](COC(C)c2cc(C)cc(C(F)(F)F)c2)(c2ccccc2)N(C(=O)OCc2ccccc2)C1. The number of carbonyl (C=O) groups is 2. The van der Waals surface area contributed by atoms with Crippen LogP contribution in [0.3, 0.4) is 0 Å². The highest BCUT2D eigenvalue weighted by atomic mass is 19.4. The topological polar surface area (TPSA) is 76.1 Å². The number of hydrogen-bond acceptors (Lipinski definition) is 5. The smallest absolute Gasteiger partial charge is 0.416 e. The molecule has 3 aromatic carbocycles. The van der Waals surface area contributed by atoms with Crippen LogP contribution >= 0.6 is 0 Å². The van der Waals surface area contributed by atoms with Gasteiger partial charge < -0.3 is 14.6 Å². The van der Waals surface area contributed by atoms with Gasteiger partial charge in [-0.25, -0.2) is 4.79 Å². The number of halogens is 3. The number of nitrogens with zero attached hydrogens (tertiary/aromatic N) is 1. The number of hydrogen-bond donors (Lipinski definition) is 1. The van der Waals surface area contributed by atoms with Gasteiger partial charge >= 0.3 is 12.3 Å². The van der Waals surface area contributed by atoms with Crippen LogP contribution in [0.1, 0.15) is 60.6 Å². The highest BCUT2D eigenvalue weighted by Crippen LogP contribution is 2.43. The number of rotatable bonds is 8. The second-order valence-corrected chi connectivity index (χ2v) is 10.7. The third-order valence-corrected chi connectivity index (χ3v) is 7.75. The highest BCUT2D eigenvalue weighted by Gasteiger charge is 2.53. The van der Waals surface area contributed by atoms with E-state index in [-0.39, 0.29) is 32.6 Å². The lowest BCUT2D eigenvalue weighted by Crippen LogP contribution is -2.64. The van der Waals surface area contributed by atoms with Gasteiger partial charge in [-0.1, -0.05) is 72.3 Å². The third kappa shape index (κ3) is 6.80. The largest absolute Gasteiger partial charge is 0.445 e. The monoisotopic (exact) mass is 569 g/mol. The molecular formula is C32H34F3NO5. The fourth-order valence-electron chi connectivity index (χ4n) is 5.22. The van der Waals surface area contributed by atoms with Gasteiger partial charge in [-0.3, -0.25) is 9.69 Å². The van der Waals surface area contributed by atoms with Crippen LogP contribution < -0.4 is 0 Å². The predicted octanol–water partition coefficient (Wildman–Crippen LogP) is 6.74. The molecule has 218 valence electrons. The molecule has 1 heterocycles. The first kappa shape index (κ1) is 30.3. The van der Waals surface area contributed by atoms with E-state index in [1.54, 1.807) is 32.0 Å². The summed E-state index contributed by atoms with van der Waals surface area (Å²) in [6.45, 7) is 4.05. The van der Waals surface area contributed by atoms with E-state index >= 15 is 0 Å². The second-order valence-electron chi connectivity index (χ2n) is 10.7. The molecular weight excluding hydrogens is 535 g/mol. The third-order valence-electron chi connectivity index (χ3n) is 7.75. The number of alkyl halides is 3. The van der Waals surface area contributed by atoms with E-state index < -0.39 is 40.9 Å². The van der Waals surface area contributed by atoms with Crippen LogP contribution in [0.15, 0.2) is 78.9 Å². The second kappa shape index (κ2) is 12.0. The first-order chi connectivity index (χ1) is 19.3. The maximum Gasteiger partial charge on any atom is 0.416 e. The lowest BCUT2D eigenvalue weighted by atomic mass is 9.75. The van der Waals surface area contributed by atoms with Crippen molar-refractivity contribution in [1.29, 1.82) is 0 Å². The normalized spacial score (nSPS) is 21.8. The Morgan fingerprint density at radius 2 is 1.63 bits per heavy atom. The molecule has 9 heteroatoms. The van der Waals surface area contributed by atoms with Crippen LogP contribution in [-0.4, -0.2) is 40.6 Å². The number of ketones is 1. The van der Waals surface area contributed by atoms with Gasteiger partial charge in [-0.05, 0) is 62.4 Å². The van der Waals surface area contributed by atoms with E-state index in [4.69, 9.17) is 9.47 Å². The van der Waals surface area contributed by atoms with E-state index in [9.17, 15) is 27.9 Å². The van der Waals surface area contributed by atoms with E-state index in [0.717, 1.165) is 17.7 Å². The molecule has 1 aliphatic heterocycles. The first-order valence-electron chi connectivity index (χ1n) is 13.4. The number of likely N-dealkylation sites (tertiary alicyclic amines) is 1. The van der Waals surface area contributed by atoms with Gasteiger partial charge in [-0.15, -0.1) is 0 Å². The molecule has 1 amide bonds. The standard InChI is InChI=1S/C32H34F3NO5/c1-22-16-26(18-28(17-22)32(33,34)35)23(2)41-21-30(27-12-8-5-9-13-27)14-15-31(39,24(3)37)20-36(30)29(38)40-19-25-10-6-4-7-11-25/h4-13,16-18,23,39H,14-15,19-21H2,1-3H3/t23?,30-,31?/m1/s1. The maximum atomic E-state index is 13.7. The molecule has 3 atom stereocenters. The molecule has 0 aromatic heterocycles. The minimum absolute atomic E-state index is 0.0275. The van der Waals surface area contributed by atoms with Crippen molar-refractivity contribution in [2.75, 3.05) is 13.2 Å². The molecule has 2 unspecified atom stereocenters. The number of piperidine rings is 1. The van der Waals surface area contributed by atoms with E-state index in [1.165, 1.54) is 11.8 Å². The molecule has 6 nitrogen and oxygen atoms in total. The summed E-state index contributed by atoms with van der Waals surface area (Å²) >= 11 is 0. The minimum Gasteiger partial charge on any atom is -0.445 e. The van der Waals surface area contributed by atoms with Crippen molar-refractivity contribution >= 4 is 11.9 Å². The van der Waals surface area contributed by atoms with Crippen molar-refractivity contribution in [3.8, 4) is 0 Å². The van der Waals surface area contributed by atoms with Gasteiger partial charge in [0.05, 0.1) is 30.4 Å². The quantitative estimate of drug-likeness (QED) is 0.325. The van der Waals surface area contributed by atoms with Crippen molar-refractivity contribution < 1.29 is 37.3 Å². The van der Waals surface area contributed by atoms with Gasteiger partial charge in [0, 0.05) is 0 Å². The van der Waals surface area contributed by atoms with Crippen molar-refractivity contribution in [2.45, 2.75) is 63.6 Å². The average Bonchev–Trinajstić information content (AvgIpc) is 2.95. The average molecular weight is 570 g/mol. The molecule has 0 saturated carbocycles. The summed E-state index contributed by atoms with van der Waals surface area (Å²) in [4.78, 5) is 27.5. The molecule has 41 heavy (non-hydrogen) atoms. The van der Waals surface area contributed by atoms with E-state index in [0.29, 0.717) is 16.7 Å². The Morgan fingerprint density at radius 1 is 1.00 bits per heavy atom. The van der Waals surface area contributed by atoms with Crippen molar-refractivity contribution in [3.63, 3.8) is 0 Å². The number of benzene rings is 3. The van der Waals surface area contributed by atoms with Crippen LogP contribution in [-0.2, 0) is 32.6 Å². The zero-order valence-corrected chi connectivity index (χ0v) is 23.3. The molecule has 0 bridgehead atoms. The number of carbonyl (C=O) groups excluding carboxylic acids is 2. The highest BCUT2D eigenvalue weighted by molar-refractivity contribution is 5.86. The minimum atomic E-state index is -4.51. The van der Waals surface area contributed by atoms with Crippen LogP contribution in [0.2, 0.25) is 0 Å². The lowest BCUT2D eigenvalue weighted by molar-refractivity contribution is -0.152. The summed E-state index contributed by atoms with van der Waals surface area (Å²) in [7, 11) is 0. The Hall–Kier alpha value is -3.69. The number of amides is 1. The van der Waals surface area contributed by atoms with Crippen molar-refractivity contribution in [2.24, 2.45) is 0 Å². The Labute approximate surface area is 237 Å². The lowest BCUT2D eigenvalue weighted by Gasteiger charge is -2.51. The van der Waals surface area contributed by atoms with Crippen molar-refractivity contribution in [3.05, 3.63) is 107 Å². The molecule has 1 N–H and O–H groups in total. The van der Waals surface area contributed by atoms with Gasteiger partial charge in [-0.2, -0.15) is 13.2 Å². The van der Waals surface area contributed by atoms with Crippen LogP contribution in [0, 0.1) is 6.92 Å². The van der Waals surface area contributed by atoms with Gasteiger partial charge in [0.15, 0.2) is 5.78 Å². The Balaban J connectivity index is 1.69. The summed E-state index contributed by atoms with van der Waals surface area (Å²) < 4.78 is 52.4. The fraction of sp³-hybridized carbons (Fsp3) is 0.375. The zero-order chi connectivity index (χ0) is 29.8. The van der Waals surface area contributed by atoms with E-state index in [1.807, 2.05) is 48.5 Å². The zero-order valence-electron chi connectivity index (χ0n) is 23.3. The molecule has 3 aromatic rings. The Kier molecular flexibility index (Phi) is 8.89. The van der Waals surface area contributed by atoms with Crippen LogP contribution in [0.25, 0.3) is 0 Å². The maximum absolute atomic E-state index is 13.7. The summed E-state index contributed by atoms with van der Waals surface area (Å²) in [6, 6.07) is 21.9. The van der Waals surface area contributed by atoms with Gasteiger partial charge in [0.1, 0.15) is 12.2 Å². The molecule has 1 aliphatic rings. The number of Topliss-reactive ketones (excluding diaryl/α,β-unsaturated/α-hetero) is 1. The predicted molar refractivity (Wildman–Crippen MR) is 147 cm³/mol. The fourth-order valence-corrected chi connectivity index (χ4v) is 5.22. The van der Waals surface area contributed by atoms with E-state index in [2.05, 4.69) is 0 Å². The van der Waals surface area contributed by atoms with Gasteiger partial charge in [0.25, 0.3) is 0 Å². The summed E-state index contributed by atoms with van der Waals surface area (Å²) in [5.41, 5.74) is -1.48. The molecule has 0 radical (unpaired) electrons. The summed E-state index contributed by atoms with van der Waals surface area (Å²) in [5, 5.41) is 11.2. The van der Waals surface area contributed by atoms with Crippen LogP contribution in [0.5, 0.6) is 0 Å². The summed E-state index contributed by atoms with van der Waals surface area (Å²) in [6.07, 6.45) is -5.80. The van der Waals surface area contributed by atoms with Gasteiger partial charge in [0.2, 0.25) is 0 Å². The first-order valence-corrected chi connectivity index (χ1v) is 13.4. The Morgan fingerprint density at radius 3 is 2.24 bits per heavy atom. The molecule has 1 saturated heterocycles. The van der Waals surface area contributed by atoms with Crippen molar-refractivity contribution in [1.82, 2.24) is 4.90 Å². The number of aryl methyl sites for hydroxylation is 1. The summed E-state index contributed by atoms with van der Waals surface area (Å²) in [5.74, 6) is -0.478. The van der Waals surface area contributed by atoms with Crippen LogP contribution in [0.4, 0.5) is 18.0 Å². The number of aliphatic hydroxyl groups is 1. The Bertz CT molecular complexity index is 1360. The molecule has 0 aliphatic carbocycles. The molecule has 0 spiro atoms. The molecule has 4 rings (SSSR count). The number of ether oxygens (including phenoxy) is 2. The number of β-amino-alcohol motifs (C(OH)–C–C–N with tert-alkyl or cyclic N) is 1.